The lowest BCUT2D eigenvalue weighted by Crippen LogP contribution is -3.11. The first-order valence-corrected chi connectivity index (χ1v) is 9.87. The summed E-state index contributed by atoms with van der Waals surface area (Å²) >= 11 is 1.83. The van der Waals surface area contributed by atoms with Gasteiger partial charge in [-0.2, -0.15) is 9.50 Å². The van der Waals surface area contributed by atoms with Crippen LogP contribution in [0.5, 0.6) is 0 Å². The van der Waals surface area contributed by atoms with Crippen molar-refractivity contribution >= 4 is 33.1 Å². The molecule has 0 amide bonds. The highest BCUT2D eigenvalue weighted by Gasteiger charge is 2.27. The van der Waals surface area contributed by atoms with E-state index in [4.69, 9.17) is 4.98 Å². The van der Waals surface area contributed by atoms with Crippen molar-refractivity contribution in [2.24, 2.45) is 0 Å². The Kier molecular flexibility index (Phi) is 4.53. The number of hydrogen-bond donors (Lipinski definition) is 3. The second-order valence-electron chi connectivity index (χ2n) is 7.10. The molecule has 4 rings (SSSR count). The van der Waals surface area contributed by atoms with Gasteiger partial charge in [0.25, 0.3) is 5.78 Å². The van der Waals surface area contributed by atoms with Crippen LogP contribution < -0.4 is 15.1 Å². The van der Waals surface area contributed by atoms with Gasteiger partial charge < -0.3 is 15.1 Å². The molecule has 1 aliphatic heterocycles. The van der Waals surface area contributed by atoms with Crippen molar-refractivity contribution < 1.29 is 9.80 Å². The summed E-state index contributed by atoms with van der Waals surface area (Å²) in [5, 5.41) is 16.8. The van der Waals surface area contributed by atoms with Crippen LogP contribution in [-0.4, -0.2) is 65.3 Å². The lowest BCUT2D eigenvalue weighted by atomic mass is 10.0. The fourth-order valence-electron chi connectivity index (χ4n) is 3.58. The quantitative estimate of drug-likeness (QED) is 0.505. The third-order valence-electron chi connectivity index (χ3n) is 4.83. The molecule has 0 spiro atoms. The fourth-order valence-corrected chi connectivity index (χ4v) is 4.94. The highest BCUT2D eigenvalue weighted by atomic mass is 32.1. The Balaban J connectivity index is 1.78. The van der Waals surface area contributed by atoms with Crippen LogP contribution in [-0.2, 0) is 13.0 Å². The molecule has 0 aromatic carbocycles. The molecule has 1 unspecified atom stereocenters. The van der Waals surface area contributed by atoms with Crippen molar-refractivity contribution in [3.8, 4) is 0 Å². The number of quaternary nitrogens is 2. The van der Waals surface area contributed by atoms with Crippen LogP contribution in [0.25, 0.3) is 16.0 Å². The molecule has 0 bridgehead atoms. The molecule has 3 N–H and O–H groups in total. The van der Waals surface area contributed by atoms with E-state index in [1.807, 2.05) is 11.3 Å². The molecular weight excluding hydrogens is 336 g/mol. The SMILES string of the molecule is CCC[NH+]1CCc2c(sc3c2c(NCC[NH+](C)C)nc2nnnn23)C1. The molecular formula is C16H26N8S+2. The third kappa shape index (κ3) is 3.07. The van der Waals surface area contributed by atoms with Gasteiger partial charge in [0.1, 0.15) is 17.2 Å². The van der Waals surface area contributed by atoms with Crippen LogP contribution >= 0.6 is 11.3 Å². The van der Waals surface area contributed by atoms with Crippen molar-refractivity contribution in [2.45, 2.75) is 26.3 Å². The standard InChI is InChI=1S/C16H24N8S/c1-4-7-23-8-5-11-12(10-23)25-15-13(11)14(17-6-9-22(2)3)18-16-19-20-21-24(15)16/h4-10H2,1-3H3,(H,17,18,19,21)/p+2. The Morgan fingerprint density at radius 3 is 3.04 bits per heavy atom. The molecule has 0 aliphatic carbocycles. The predicted molar refractivity (Wildman–Crippen MR) is 98.5 cm³/mol. The molecule has 9 heteroatoms. The van der Waals surface area contributed by atoms with Gasteiger partial charge in [0.2, 0.25) is 0 Å². The highest BCUT2D eigenvalue weighted by molar-refractivity contribution is 7.19. The van der Waals surface area contributed by atoms with Gasteiger partial charge in [0, 0.05) is 6.42 Å². The van der Waals surface area contributed by atoms with E-state index in [2.05, 4.69) is 41.9 Å². The Morgan fingerprint density at radius 1 is 1.36 bits per heavy atom. The lowest BCUT2D eigenvalue weighted by Gasteiger charge is -2.23. The van der Waals surface area contributed by atoms with Gasteiger partial charge in [-0.3, -0.25) is 0 Å². The van der Waals surface area contributed by atoms with E-state index in [0.717, 1.165) is 36.7 Å². The number of fused-ring (bicyclic) bond motifs is 5. The maximum Gasteiger partial charge on any atom is 0.276 e. The molecule has 134 valence electrons. The maximum absolute atomic E-state index is 4.70. The van der Waals surface area contributed by atoms with Gasteiger partial charge in [0.05, 0.1) is 50.5 Å². The Labute approximate surface area is 150 Å². The van der Waals surface area contributed by atoms with Crippen molar-refractivity contribution in [3.63, 3.8) is 0 Å². The first kappa shape index (κ1) is 16.6. The molecule has 4 heterocycles. The zero-order valence-corrected chi connectivity index (χ0v) is 15.9. The second kappa shape index (κ2) is 6.81. The summed E-state index contributed by atoms with van der Waals surface area (Å²) in [6, 6.07) is 0. The van der Waals surface area contributed by atoms with E-state index in [0.29, 0.717) is 5.78 Å². The van der Waals surface area contributed by atoms with E-state index in [1.165, 1.54) is 40.2 Å². The molecule has 25 heavy (non-hydrogen) atoms. The van der Waals surface area contributed by atoms with Crippen molar-refractivity contribution in [1.82, 2.24) is 25.0 Å². The summed E-state index contributed by atoms with van der Waals surface area (Å²) in [6.07, 6.45) is 2.33. The Bertz CT molecular complexity index is 883. The molecule has 0 saturated heterocycles. The number of anilines is 1. The molecule has 0 saturated carbocycles. The van der Waals surface area contributed by atoms with Crippen molar-refractivity contribution in [1.29, 1.82) is 0 Å². The molecule has 0 fully saturated rings. The zero-order chi connectivity index (χ0) is 17.4. The van der Waals surface area contributed by atoms with Gasteiger partial charge >= 0.3 is 0 Å². The largest absolute Gasteiger partial charge is 0.364 e. The van der Waals surface area contributed by atoms with E-state index < -0.39 is 0 Å². The van der Waals surface area contributed by atoms with E-state index >= 15 is 0 Å². The number of nitrogens with one attached hydrogen (secondary N) is 3. The summed E-state index contributed by atoms with van der Waals surface area (Å²) in [7, 11) is 4.32. The zero-order valence-electron chi connectivity index (χ0n) is 15.1. The summed E-state index contributed by atoms with van der Waals surface area (Å²) in [5.74, 6) is 1.51. The van der Waals surface area contributed by atoms with E-state index in [9.17, 15) is 0 Å². The van der Waals surface area contributed by atoms with Crippen LogP contribution in [0.4, 0.5) is 5.82 Å². The smallest absolute Gasteiger partial charge is 0.276 e. The molecule has 1 aliphatic rings. The minimum atomic E-state index is 0.573. The average molecular weight is 363 g/mol. The van der Waals surface area contributed by atoms with Gasteiger partial charge in [-0.05, 0) is 22.4 Å². The fraction of sp³-hybridized carbons (Fsp3) is 0.625. The monoisotopic (exact) mass is 362 g/mol. The summed E-state index contributed by atoms with van der Waals surface area (Å²) < 4.78 is 1.79. The number of thiophene rings is 1. The van der Waals surface area contributed by atoms with Crippen LogP contribution in [0.2, 0.25) is 0 Å². The lowest BCUT2D eigenvalue weighted by molar-refractivity contribution is -0.915. The Morgan fingerprint density at radius 2 is 2.24 bits per heavy atom. The number of rotatable bonds is 6. The topological polar surface area (TPSA) is 76.9 Å². The number of nitrogens with zero attached hydrogens (tertiary/aromatic N) is 5. The van der Waals surface area contributed by atoms with Gasteiger partial charge in [-0.25, -0.2) is 0 Å². The first-order valence-electron chi connectivity index (χ1n) is 9.06. The highest BCUT2D eigenvalue weighted by Crippen LogP contribution is 2.36. The third-order valence-corrected chi connectivity index (χ3v) is 6.03. The molecule has 3 aromatic rings. The van der Waals surface area contributed by atoms with Crippen LogP contribution in [0.1, 0.15) is 23.8 Å². The predicted octanol–water partition coefficient (Wildman–Crippen LogP) is -1.36. The van der Waals surface area contributed by atoms with Crippen LogP contribution in [0.3, 0.4) is 0 Å². The van der Waals surface area contributed by atoms with Gasteiger partial charge in [-0.1, -0.05) is 12.0 Å². The number of hydrogen-bond acceptors (Lipinski definition) is 6. The summed E-state index contributed by atoms with van der Waals surface area (Å²) in [4.78, 5) is 10.4. The summed E-state index contributed by atoms with van der Waals surface area (Å²) in [6.45, 7) is 7.73. The molecule has 8 nitrogen and oxygen atoms in total. The first-order chi connectivity index (χ1) is 12.2. The Hall–Kier alpha value is -1.84. The molecule has 1 atom stereocenters. The van der Waals surface area contributed by atoms with Crippen LogP contribution in [0.15, 0.2) is 0 Å². The van der Waals surface area contributed by atoms with Crippen molar-refractivity contribution in [2.75, 3.05) is 45.6 Å². The van der Waals surface area contributed by atoms with Gasteiger partial charge in [0.15, 0.2) is 0 Å². The maximum atomic E-state index is 4.70. The average Bonchev–Trinajstić information content (AvgIpc) is 3.18. The van der Waals surface area contributed by atoms with E-state index in [1.54, 1.807) is 9.42 Å². The number of aromatic nitrogens is 5. The van der Waals surface area contributed by atoms with Gasteiger partial charge in [-0.15, -0.1) is 11.3 Å². The normalized spacial score (nSPS) is 17.5. The summed E-state index contributed by atoms with van der Waals surface area (Å²) in [5.41, 5.74) is 1.45. The minimum Gasteiger partial charge on any atom is -0.364 e. The van der Waals surface area contributed by atoms with E-state index in [-0.39, 0.29) is 0 Å². The van der Waals surface area contributed by atoms with Crippen LogP contribution in [0, 0.1) is 0 Å². The van der Waals surface area contributed by atoms with Crippen molar-refractivity contribution in [3.05, 3.63) is 10.4 Å². The molecule has 3 aromatic heterocycles. The molecule has 0 radical (unpaired) electrons. The number of tetrazole rings is 1. The second-order valence-corrected chi connectivity index (χ2v) is 8.18. The number of likely N-dealkylation sites (N-methyl/N-ethyl adjacent to an activating group) is 1. The minimum absolute atomic E-state index is 0.573.